The lowest BCUT2D eigenvalue weighted by atomic mass is 10.1. The first-order chi connectivity index (χ1) is 16.3. The number of thioether (sulfide) groups is 1. The molecule has 1 atom stereocenters. The lowest BCUT2D eigenvalue weighted by molar-refractivity contribution is -0.150. The molecule has 3 rings (SSSR count). The topological polar surface area (TPSA) is 82.1 Å². The van der Waals surface area contributed by atoms with Gasteiger partial charge in [0.1, 0.15) is 19.0 Å². The number of nitrogens with zero attached hydrogens (tertiary/aromatic N) is 1. The molecule has 2 aromatic rings. The number of esters is 1. The zero-order valence-electron chi connectivity index (χ0n) is 19.2. The molecule has 7 nitrogen and oxygen atoms in total. The predicted molar refractivity (Wildman–Crippen MR) is 127 cm³/mol. The van der Waals surface area contributed by atoms with Crippen LogP contribution in [0.15, 0.2) is 47.4 Å². The highest BCUT2D eigenvalue weighted by Crippen LogP contribution is 2.35. The standard InChI is InChI=1S/C25H26FNO6S/c1-4-16(3)33-23(28)14-27-24(29)22(34-25(27)30)13-17-10-11-20(21(12-17)31-5-2)32-15-18-8-6-7-9-19(18)26/h6-13,16H,4-5,14-15H2,1-3H3/b22-13+/t16-/m1/s1. The van der Waals surface area contributed by atoms with Crippen LogP contribution in [0.25, 0.3) is 6.08 Å². The van der Waals surface area contributed by atoms with E-state index in [0.29, 0.717) is 35.7 Å². The van der Waals surface area contributed by atoms with Gasteiger partial charge in [0.05, 0.1) is 17.6 Å². The fourth-order valence-electron chi connectivity index (χ4n) is 3.03. The first-order valence-electron chi connectivity index (χ1n) is 10.9. The quantitative estimate of drug-likeness (QED) is 0.337. The van der Waals surface area contributed by atoms with Gasteiger partial charge in [0.15, 0.2) is 11.5 Å². The second-order valence-electron chi connectivity index (χ2n) is 7.50. The molecule has 0 spiro atoms. The molecule has 1 fully saturated rings. The van der Waals surface area contributed by atoms with E-state index in [4.69, 9.17) is 14.2 Å². The van der Waals surface area contributed by atoms with Crippen LogP contribution in [-0.2, 0) is 20.9 Å². The number of rotatable bonds is 10. The van der Waals surface area contributed by atoms with Crippen LogP contribution in [0.2, 0.25) is 0 Å². The van der Waals surface area contributed by atoms with Gasteiger partial charge >= 0.3 is 5.97 Å². The number of hydrogen-bond donors (Lipinski definition) is 0. The van der Waals surface area contributed by atoms with Crippen LogP contribution >= 0.6 is 11.8 Å². The number of hydrogen-bond acceptors (Lipinski definition) is 7. The average Bonchev–Trinajstić information content (AvgIpc) is 3.06. The Kier molecular flexibility index (Phi) is 8.70. The third-order valence-electron chi connectivity index (χ3n) is 4.97. The molecule has 1 saturated heterocycles. The molecular weight excluding hydrogens is 461 g/mol. The SMILES string of the molecule is CCOc1cc(/C=C2/SC(=O)N(CC(=O)O[C@H](C)CC)C2=O)ccc1OCc1ccccc1F. The minimum atomic E-state index is -0.632. The van der Waals surface area contributed by atoms with Gasteiger partial charge in [-0.25, -0.2) is 4.39 Å². The number of imide groups is 1. The fourth-order valence-corrected chi connectivity index (χ4v) is 3.87. The molecule has 2 aromatic carbocycles. The summed E-state index contributed by atoms with van der Waals surface area (Å²) in [5.74, 6) is -0.713. The highest BCUT2D eigenvalue weighted by molar-refractivity contribution is 8.18. The number of carbonyl (C=O) groups excluding carboxylic acids is 3. The van der Waals surface area contributed by atoms with Crippen molar-refractivity contribution in [2.75, 3.05) is 13.2 Å². The maximum Gasteiger partial charge on any atom is 0.326 e. The second kappa shape index (κ2) is 11.7. The van der Waals surface area contributed by atoms with Crippen LogP contribution in [-0.4, -0.2) is 41.3 Å². The van der Waals surface area contributed by atoms with Gasteiger partial charge in [-0.15, -0.1) is 0 Å². The van der Waals surface area contributed by atoms with Gasteiger partial charge in [0.25, 0.3) is 11.1 Å². The molecule has 0 aliphatic carbocycles. The van der Waals surface area contributed by atoms with Gasteiger partial charge in [-0.3, -0.25) is 19.3 Å². The van der Waals surface area contributed by atoms with Crippen molar-refractivity contribution in [3.63, 3.8) is 0 Å². The van der Waals surface area contributed by atoms with Crippen molar-refractivity contribution in [3.8, 4) is 11.5 Å². The van der Waals surface area contributed by atoms with Gasteiger partial charge in [-0.2, -0.15) is 0 Å². The first kappa shape index (κ1) is 25.3. The number of ether oxygens (including phenoxy) is 3. The third-order valence-corrected chi connectivity index (χ3v) is 5.88. The van der Waals surface area contributed by atoms with Crippen LogP contribution in [0.1, 0.15) is 38.3 Å². The zero-order valence-corrected chi connectivity index (χ0v) is 20.0. The molecule has 0 aromatic heterocycles. The van der Waals surface area contributed by atoms with Crippen LogP contribution in [0.4, 0.5) is 9.18 Å². The van der Waals surface area contributed by atoms with Crippen molar-refractivity contribution in [2.45, 2.75) is 39.9 Å². The van der Waals surface area contributed by atoms with Crippen molar-refractivity contribution >= 4 is 35.0 Å². The molecule has 1 aliphatic rings. The summed E-state index contributed by atoms with van der Waals surface area (Å²) in [6.07, 6.45) is 1.89. The monoisotopic (exact) mass is 487 g/mol. The Morgan fingerprint density at radius 2 is 1.88 bits per heavy atom. The minimum absolute atomic E-state index is 0.0255. The number of amides is 2. The van der Waals surface area contributed by atoms with Crippen molar-refractivity contribution in [1.82, 2.24) is 4.90 Å². The van der Waals surface area contributed by atoms with Gasteiger partial charge in [-0.1, -0.05) is 31.2 Å². The number of carbonyl (C=O) groups is 3. The summed E-state index contributed by atoms with van der Waals surface area (Å²) in [5, 5.41) is -0.535. The van der Waals surface area contributed by atoms with E-state index in [2.05, 4.69) is 0 Å². The van der Waals surface area contributed by atoms with E-state index in [1.807, 2.05) is 13.8 Å². The summed E-state index contributed by atoms with van der Waals surface area (Å²) in [5.41, 5.74) is 1.02. The maximum atomic E-state index is 13.9. The molecule has 1 aliphatic heterocycles. The van der Waals surface area contributed by atoms with Crippen molar-refractivity contribution < 1.29 is 33.0 Å². The van der Waals surface area contributed by atoms with E-state index >= 15 is 0 Å². The van der Waals surface area contributed by atoms with Crippen LogP contribution in [0.5, 0.6) is 11.5 Å². The Balaban J connectivity index is 1.74. The molecule has 2 amide bonds. The van der Waals surface area contributed by atoms with E-state index in [1.54, 1.807) is 49.4 Å². The van der Waals surface area contributed by atoms with E-state index in [-0.39, 0.29) is 23.4 Å². The molecule has 0 saturated carbocycles. The van der Waals surface area contributed by atoms with Crippen molar-refractivity contribution in [1.29, 1.82) is 0 Å². The van der Waals surface area contributed by atoms with Crippen LogP contribution in [0.3, 0.4) is 0 Å². The summed E-state index contributed by atoms with van der Waals surface area (Å²) in [6, 6.07) is 11.4. The van der Waals surface area contributed by atoms with Gasteiger partial charge in [-0.05, 0) is 61.9 Å². The molecular formula is C25H26FNO6S. The molecule has 1 heterocycles. The molecule has 180 valence electrons. The van der Waals surface area contributed by atoms with Gasteiger partial charge in [0, 0.05) is 5.56 Å². The molecule has 0 radical (unpaired) electrons. The minimum Gasteiger partial charge on any atom is -0.490 e. The Hall–Kier alpha value is -3.33. The predicted octanol–water partition coefficient (Wildman–Crippen LogP) is 5.18. The van der Waals surface area contributed by atoms with Gasteiger partial charge < -0.3 is 14.2 Å². The molecule has 34 heavy (non-hydrogen) atoms. The first-order valence-corrected chi connectivity index (χ1v) is 11.7. The number of benzene rings is 2. The molecule has 0 unspecified atom stereocenters. The van der Waals surface area contributed by atoms with Crippen molar-refractivity contribution in [2.24, 2.45) is 0 Å². The fraction of sp³-hybridized carbons (Fsp3) is 0.320. The highest BCUT2D eigenvalue weighted by Gasteiger charge is 2.36. The highest BCUT2D eigenvalue weighted by atomic mass is 32.2. The Bertz CT molecular complexity index is 1100. The lowest BCUT2D eigenvalue weighted by Gasteiger charge is -2.15. The van der Waals surface area contributed by atoms with E-state index in [0.717, 1.165) is 16.7 Å². The summed E-state index contributed by atoms with van der Waals surface area (Å²) >= 11 is 0.753. The normalized spacial score (nSPS) is 15.5. The second-order valence-corrected chi connectivity index (χ2v) is 8.49. The van der Waals surface area contributed by atoms with Crippen molar-refractivity contribution in [3.05, 3.63) is 64.3 Å². The summed E-state index contributed by atoms with van der Waals surface area (Å²) < 4.78 is 30.4. The zero-order chi connectivity index (χ0) is 24.7. The third kappa shape index (κ3) is 6.38. The largest absolute Gasteiger partial charge is 0.490 e. The van der Waals surface area contributed by atoms with Crippen LogP contribution < -0.4 is 9.47 Å². The van der Waals surface area contributed by atoms with E-state index in [1.165, 1.54) is 6.07 Å². The smallest absolute Gasteiger partial charge is 0.326 e. The van der Waals surface area contributed by atoms with E-state index < -0.39 is 23.7 Å². The lowest BCUT2D eigenvalue weighted by Crippen LogP contribution is -2.35. The van der Waals surface area contributed by atoms with Gasteiger partial charge in [0.2, 0.25) is 0 Å². The average molecular weight is 488 g/mol. The summed E-state index contributed by atoms with van der Waals surface area (Å²) in [7, 11) is 0. The van der Waals surface area contributed by atoms with E-state index in [9.17, 15) is 18.8 Å². The van der Waals surface area contributed by atoms with Crippen LogP contribution in [0, 0.1) is 5.82 Å². The summed E-state index contributed by atoms with van der Waals surface area (Å²) in [4.78, 5) is 38.1. The molecule has 0 bridgehead atoms. The Morgan fingerprint density at radius 3 is 2.59 bits per heavy atom. The Labute approximate surface area is 201 Å². The molecule has 0 N–H and O–H groups in total. The molecule has 9 heteroatoms. The Morgan fingerprint density at radius 1 is 1.12 bits per heavy atom. The maximum absolute atomic E-state index is 13.9. The number of halogens is 1. The summed E-state index contributed by atoms with van der Waals surface area (Å²) in [6.45, 7) is 5.39.